The number of aromatic nitrogens is 2. The third kappa shape index (κ3) is 3.90. The zero-order valence-corrected chi connectivity index (χ0v) is 11.2. The monoisotopic (exact) mass is 272 g/mol. The zero-order valence-electron chi connectivity index (χ0n) is 10.3. The van der Waals surface area contributed by atoms with E-state index in [4.69, 9.17) is 9.47 Å². The summed E-state index contributed by atoms with van der Waals surface area (Å²) < 4.78 is 10.9. The second-order valence-electron chi connectivity index (χ2n) is 3.48. The first-order valence-electron chi connectivity index (χ1n) is 5.60. The van der Waals surface area contributed by atoms with E-state index in [1.165, 1.54) is 6.33 Å². The molecule has 0 aliphatic carbocycles. The number of hydrogen-bond acceptors (Lipinski definition) is 5. The molecule has 0 atom stereocenters. The number of benzene rings is 1. The molecule has 0 amide bonds. The Balaban J connectivity index is 2.10. The average Bonchev–Trinajstić information content (AvgIpc) is 2.42. The maximum atomic E-state index is 5.61. The van der Waals surface area contributed by atoms with Crippen LogP contribution in [0, 0.1) is 11.8 Å². The molecule has 19 heavy (non-hydrogen) atoms. The van der Waals surface area contributed by atoms with Crippen molar-refractivity contribution in [3.8, 4) is 29.4 Å². The molecule has 0 saturated heterocycles. The maximum Gasteiger partial charge on any atom is 0.226 e. The van der Waals surface area contributed by atoms with Crippen LogP contribution in [-0.4, -0.2) is 16.6 Å². The standard InChI is InChI=1S/C14H12N2O2S/c1-2-3-8-17-13-9-14(16-10-15-13)18-11-6-4-5-7-12(11)19/h4-7,9-10,19H,8H2,1H3. The second kappa shape index (κ2) is 6.66. The van der Waals surface area contributed by atoms with E-state index in [0.29, 0.717) is 17.5 Å². The van der Waals surface area contributed by atoms with Gasteiger partial charge in [-0.2, -0.15) is 0 Å². The van der Waals surface area contributed by atoms with Crippen LogP contribution in [0.3, 0.4) is 0 Å². The summed E-state index contributed by atoms with van der Waals surface area (Å²) in [5.41, 5.74) is 0. The van der Waals surface area contributed by atoms with Gasteiger partial charge in [-0.15, -0.1) is 18.5 Å². The van der Waals surface area contributed by atoms with Crippen molar-refractivity contribution in [2.45, 2.75) is 11.8 Å². The molecule has 0 fully saturated rings. The van der Waals surface area contributed by atoms with Crippen molar-refractivity contribution in [1.82, 2.24) is 9.97 Å². The van der Waals surface area contributed by atoms with Gasteiger partial charge in [0.05, 0.1) is 6.07 Å². The van der Waals surface area contributed by atoms with Crippen molar-refractivity contribution in [2.24, 2.45) is 0 Å². The number of nitrogens with zero attached hydrogens (tertiary/aromatic N) is 2. The fourth-order valence-electron chi connectivity index (χ4n) is 1.30. The summed E-state index contributed by atoms with van der Waals surface area (Å²) in [6, 6.07) is 9.01. The van der Waals surface area contributed by atoms with Gasteiger partial charge in [-0.05, 0) is 19.1 Å². The van der Waals surface area contributed by atoms with Crippen molar-refractivity contribution < 1.29 is 9.47 Å². The molecule has 4 nitrogen and oxygen atoms in total. The maximum absolute atomic E-state index is 5.61. The van der Waals surface area contributed by atoms with Crippen LogP contribution in [-0.2, 0) is 0 Å². The Morgan fingerprint density at radius 1 is 1.21 bits per heavy atom. The molecule has 2 rings (SSSR count). The van der Waals surface area contributed by atoms with E-state index in [2.05, 4.69) is 34.4 Å². The van der Waals surface area contributed by atoms with Crippen LogP contribution in [0.5, 0.6) is 17.5 Å². The van der Waals surface area contributed by atoms with Gasteiger partial charge in [0, 0.05) is 4.90 Å². The molecule has 2 aromatic rings. The average molecular weight is 272 g/mol. The molecule has 0 aliphatic rings. The van der Waals surface area contributed by atoms with Gasteiger partial charge < -0.3 is 9.47 Å². The number of thiol groups is 1. The molecule has 1 heterocycles. The highest BCUT2D eigenvalue weighted by atomic mass is 32.1. The summed E-state index contributed by atoms with van der Waals surface area (Å²) in [5.74, 6) is 6.98. The van der Waals surface area contributed by atoms with Crippen molar-refractivity contribution in [3.63, 3.8) is 0 Å². The van der Waals surface area contributed by atoms with E-state index in [0.717, 1.165) is 4.90 Å². The first-order valence-corrected chi connectivity index (χ1v) is 6.04. The smallest absolute Gasteiger partial charge is 0.226 e. The highest BCUT2D eigenvalue weighted by Gasteiger charge is 2.04. The SMILES string of the molecule is CC#CCOc1cc(Oc2ccccc2S)ncn1. The number of ether oxygens (including phenoxy) is 2. The first kappa shape index (κ1) is 13.2. The Kier molecular flexibility index (Phi) is 4.65. The highest BCUT2D eigenvalue weighted by molar-refractivity contribution is 7.80. The fraction of sp³-hybridized carbons (Fsp3) is 0.143. The van der Waals surface area contributed by atoms with Gasteiger partial charge >= 0.3 is 0 Å². The number of hydrogen-bond donors (Lipinski definition) is 1. The second-order valence-corrected chi connectivity index (χ2v) is 3.96. The highest BCUT2D eigenvalue weighted by Crippen LogP contribution is 2.27. The van der Waals surface area contributed by atoms with Crippen LogP contribution < -0.4 is 9.47 Å². The van der Waals surface area contributed by atoms with E-state index in [1.807, 2.05) is 24.3 Å². The molecule has 1 aromatic carbocycles. The van der Waals surface area contributed by atoms with Crippen LogP contribution in [0.15, 0.2) is 41.6 Å². The van der Waals surface area contributed by atoms with Gasteiger partial charge in [0.25, 0.3) is 0 Å². The van der Waals surface area contributed by atoms with Crippen molar-refractivity contribution >= 4 is 12.6 Å². The minimum atomic E-state index is 0.288. The van der Waals surface area contributed by atoms with E-state index in [1.54, 1.807) is 13.0 Å². The predicted molar refractivity (Wildman–Crippen MR) is 74.7 cm³/mol. The number of para-hydroxylation sites is 1. The molecule has 0 unspecified atom stereocenters. The first-order chi connectivity index (χ1) is 9.29. The van der Waals surface area contributed by atoms with Crippen LogP contribution in [0.4, 0.5) is 0 Å². The summed E-state index contributed by atoms with van der Waals surface area (Å²) in [4.78, 5) is 8.73. The molecule has 0 spiro atoms. The lowest BCUT2D eigenvalue weighted by Gasteiger charge is -2.07. The Hall–Kier alpha value is -2.19. The molecular formula is C14H12N2O2S. The van der Waals surface area contributed by atoms with Crippen molar-refractivity contribution in [1.29, 1.82) is 0 Å². The summed E-state index contributed by atoms with van der Waals surface area (Å²) >= 11 is 4.31. The van der Waals surface area contributed by atoms with Crippen LogP contribution in [0.2, 0.25) is 0 Å². The Labute approximate surface area is 117 Å². The largest absolute Gasteiger partial charge is 0.464 e. The lowest BCUT2D eigenvalue weighted by molar-refractivity contribution is 0.349. The lowest BCUT2D eigenvalue weighted by atomic mass is 10.3. The Bertz CT molecular complexity index is 620. The lowest BCUT2D eigenvalue weighted by Crippen LogP contribution is -1.98. The zero-order chi connectivity index (χ0) is 13.5. The van der Waals surface area contributed by atoms with Gasteiger partial charge in [0.15, 0.2) is 6.61 Å². The normalized spacial score (nSPS) is 9.37. The van der Waals surface area contributed by atoms with Gasteiger partial charge in [0.2, 0.25) is 11.8 Å². The number of rotatable bonds is 4. The summed E-state index contributed by atoms with van der Waals surface area (Å²) in [5, 5.41) is 0. The summed E-state index contributed by atoms with van der Waals surface area (Å²) in [6.07, 6.45) is 1.38. The molecule has 0 bridgehead atoms. The Morgan fingerprint density at radius 3 is 2.79 bits per heavy atom. The molecule has 0 N–H and O–H groups in total. The molecule has 1 aromatic heterocycles. The molecule has 0 radical (unpaired) electrons. The fourth-order valence-corrected chi connectivity index (χ4v) is 1.50. The van der Waals surface area contributed by atoms with Gasteiger partial charge in [-0.3, -0.25) is 0 Å². The van der Waals surface area contributed by atoms with E-state index < -0.39 is 0 Å². The molecule has 96 valence electrons. The van der Waals surface area contributed by atoms with Gasteiger partial charge in [-0.25, -0.2) is 9.97 Å². The van der Waals surface area contributed by atoms with E-state index in [9.17, 15) is 0 Å². The third-order valence-electron chi connectivity index (χ3n) is 2.17. The Morgan fingerprint density at radius 2 is 2.00 bits per heavy atom. The van der Waals surface area contributed by atoms with Crippen LogP contribution >= 0.6 is 12.6 Å². The summed E-state index contributed by atoms with van der Waals surface area (Å²) in [7, 11) is 0. The summed E-state index contributed by atoms with van der Waals surface area (Å²) in [6.45, 7) is 2.04. The molecule has 0 aliphatic heterocycles. The van der Waals surface area contributed by atoms with Crippen molar-refractivity contribution in [2.75, 3.05) is 6.61 Å². The predicted octanol–water partition coefficient (Wildman–Crippen LogP) is 2.96. The molecule has 0 saturated carbocycles. The minimum Gasteiger partial charge on any atom is -0.464 e. The van der Waals surface area contributed by atoms with Crippen LogP contribution in [0.1, 0.15) is 6.92 Å². The quantitative estimate of drug-likeness (QED) is 0.686. The third-order valence-corrected chi connectivity index (χ3v) is 2.54. The minimum absolute atomic E-state index is 0.288. The van der Waals surface area contributed by atoms with E-state index >= 15 is 0 Å². The molecular weight excluding hydrogens is 260 g/mol. The molecule has 5 heteroatoms. The topological polar surface area (TPSA) is 44.2 Å². The van der Waals surface area contributed by atoms with E-state index in [-0.39, 0.29) is 6.61 Å². The van der Waals surface area contributed by atoms with Gasteiger partial charge in [-0.1, -0.05) is 18.1 Å². The van der Waals surface area contributed by atoms with Crippen LogP contribution in [0.25, 0.3) is 0 Å². The van der Waals surface area contributed by atoms with Gasteiger partial charge in [0.1, 0.15) is 12.1 Å². The van der Waals surface area contributed by atoms with Crippen molar-refractivity contribution in [3.05, 3.63) is 36.7 Å².